The van der Waals surface area contributed by atoms with Crippen LogP contribution in [-0.2, 0) is 6.42 Å². The summed E-state index contributed by atoms with van der Waals surface area (Å²) in [4.78, 5) is 0. The van der Waals surface area contributed by atoms with Gasteiger partial charge in [0.2, 0.25) is 0 Å². The molecule has 0 bridgehead atoms. The Hall–Kier alpha value is -1.28. The summed E-state index contributed by atoms with van der Waals surface area (Å²) in [6.45, 7) is 4.12. The molecule has 0 saturated heterocycles. The molecule has 1 N–H and O–H groups in total. The highest BCUT2D eigenvalue weighted by molar-refractivity contribution is 5.71. The first kappa shape index (κ1) is 11.8. The Balaban J connectivity index is 1.65. The summed E-state index contributed by atoms with van der Waals surface area (Å²) in [7, 11) is 0. The van der Waals surface area contributed by atoms with Crippen LogP contribution in [0.1, 0.15) is 37.3 Å². The van der Waals surface area contributed by atoms with Crippen molar-refractivity contribution in [1.29, 1.82) is 0 Å². The fraction of sp³-hybridized carbons (Fsp3) is 0.500. The van der Waals surface area contributed by atoms with E-state index in [0.29, 0.717) is 0 Å². The van der Waals surface area contributed by atoms with Gasteiger partial charge in [-0.1, -0.05) is 24.3 Å². The van der Waals surface area contributed by atoms with Crippen molar-refractivity contribution in [2.75, 3.05) is 13.2 Å². The van der Waals surface area contributed by atoms with Gasteiger partial charge in [0.25, 0.3) is 0 Å². The summed E-state index contributed by atoms with van der Waals surface area (Å²) >= 11 is 0. The van der Waals surface area contributed by atoms with Gasteiger partial charge in [-0.25, -0.2) is 0 Å². The molecule has 0 spiro atoms. The number of hydrogen-bond acceptors (Lipinski definition) is 2. The topological polar surface area (TPSA) is 21.3 Å². The Bertz CT molecular complexity index is 460. The smallest absolute Gasteiger partial charge is 0.130 e. The van der Waals surface area contributed by atoms with E-state index in [0.717, 1.165) is 37.8 Å². The van der Waals surface area contributed by atoms with Crippen LogP contribution in [0.4, 0.5) is 0 Å². The summed E-state index contributed by atoms with van der Waals surface area (Å²) < 4.78 is 5.75. The number of benzene rings is 1. The largest absolute Gasteiger partial charge is 0.492 e. The number of para-hydroxylation sites is 1. The first-order chi connectivity index (χ1) is 8.84. The van der Waals surface area contributed by atoms with E-state index in [4.69, 9.17) is 4.74 Å². The van der Waals surface area contributed by atoms with Crippen molar-refractivity contribution in [2.45, 2.75) is 38.6 Å². The standard InChI is InChI=1S/C16H21NO/c1-12(4-3-10-17-14-7-8-14)15-6-2-5-13-9-11-18-16(13)15/h2,4-6,14,17H,3,7-11H2,1H3/b12-4-. The van der Waals surface area contributed by atoms with Gasteiger partial charge in [-0.2, -0.15) is 0 Å². The van der Waals surface area contributed by atoms with Crippen LogP contribution in [0.3, 0.4) is 0 Å². The molecule has 0 unspecified atom stereocenters. The second-order valence-electron chi connectivity index (χ2n) is 5.30. The average Bonchev–Trinajstić information content (AvgIpc) is 3.08. The molecular weight excluding hydrogens is 222 g/mol. The number of hydrogen-bond donors (Lipinski definition) is 1. The number of ether oxygens (including phenoxy) is 1. The predicted molar refractivity (Wildman–Crippen MR) is 74.9 cm³/mol. The summed E-state index contributed by atoms with van der Waals surface area (Å²) in [5.74, 6) is 1.11. The molecular formula is C16H21NO. The summed E-state index contributed by atoms with van der Waals surface area (Å²) in [6.07, 6.45) is 7.21. The van der Waals surface area contributed by atoms with Gasteiger partial charge in [-0.05, 0) is 43.9 Å². The molecule has 18 heavy (non-hydrogen) atoms. The zero-order chi connectivity index (χ0) is 12.4. The maximum atomic E-state index is 5.75. The van der Waals surface area contributed by atoms with Crippen LogP contribution in [-0.4, -0.2) is 19.2 Å². The minimum Gasteiger partial charge on any atom is -0.492 e. The highest BCUT2D eigenvalue weighted by Gasteiger charge is 2.19. The second-order valence-corrected chi connectivity index (χ2v) is 5.30. The van der Waals surface area contributed by atoms with Gasteiger partial charge >= 0.3 is 0 Å². The van der Waals surface area contributed by atoms with Crippen LogP contribution in [0.25, 0.3) is 5.57 Å². The second kappa shape index (κ2) is 5.15. The fourth-order valence-corrected chi connectivity index (χ4v) is 2.50. The highest BCUT2D eigenvalue weighted by atomic mass is 16.5. The first-order valence-electron chi connectivity index (χ1n) is 7.00. The lowest BCUT2D eigenvalue weighted by Crippen LogP contribution is -2.16. The van der Waals surface area contributed by atoms with Gasteiger partial charge in [-0.15, -0.1) is 0 Å². The quantitative estimate of drug-likeness (QED) is 0.802. The monoisotopic (exact) mass is 243 g/mol. The third kappa shape index (κ3) is 2.59. The van der Waals surface area contributed by atoms with Crippen LogP contribution in [0, 0.1) is 0 Å². The molecule has 1 aromatic carbocycles. The molecule has 1 fully saturated rings. The summed E-state index contributed by atoms with van der Waals surface area (Å²) in [6, 6.07) is 7.30. The van der Waals surface area contributed by atoms with Crippen LogP contribution in [0.2, 0.25) is 0 Å². The van der Waals surface area contributed by atoms with Gasteiger partial charge in [0.1, 0.15) is 5.75 Å². The molecule has 2 aliphatic rings. The number of nitrogens with one attached hydrogen (secondary N) is 1. The van der Waals surface area contributed by atoms with E-state index in [9.17, 15) is 0 Å². The van der Waals surface area contributed by atoms with E-state index in [1.807, 2.05) is 0 Å². The predicted octanol–water partition coefficient (Wildman–Crippen LogP) is 3.17. The maximum Gasteiger partial charge on any atom is 0.130 e. The van der Waals surface area contributed by atoms with Crippen molar-refractivity contribution in [3.8, 4) is 5.75 Å². The third-order valence-electron chi connectivity index (χ3n) is 3.74. The molecule has 0 amide bonds. The summed E-state index contributed by atoms with van der Waals surface area (Å²) in [5, 5.41) is 3.54. The molecule has 2 nitrogen and oxygen atoms in total. The van der Waals surface area contributed by atoms with Crippen LogP contribution < -0.4 is 10.1 Å². The van der Waals surface area contributed by atoms with Crippen molar-refractivity contribution in [3.05, 3.63) is 35.4 Å². The number of rotatable bonds is 5. The van der Waals surface area contributed by atoms with Gasteiger partial charge in [0, 0.05) is 18.0 Å². The Kier molecular flexibility index (Phi) is 3.37. The molecule has 1 saturated carbocycles. The fourth-order valence-electron chi connectivity index (χ4n) is 2.50. The van der Waals surface area contributed by atoms with Gasteiger partial charge < -0.3 is 10.1 Å². The molecule has 1 aromatic rings. The third-order valence-corrected chi connectivity index (χ3v) is 3.74. The van der Waals surface area contributed by atoms with E-state index < -0.39 is 0 Å². The van der Waals surface area contributed by atoms with E-state index >= 15 is 0 Å². The van der Waals surface area contributed by atoms with Gasteiger partial charge in [0.05, 0.1) is 6.61 Å². The highest BCUT2D eigenvalue weighted by Crippen LogP contribution is 2.33. The lowest BCUT2D eigenvalue weighted by Gasteiger charge is -2.08. The van der Waals surface area contributed by atoms with Gasteiger partial charge in [-0.3, -0.25) is 0 Å². The van der Waals surface area contributed by atoms with Gasteiger partial charge in [0.15, 0.2) is 0 Å². The van der Waals surface area contributed by atoms with E-state index in [2.05, 4.69) is 36.5 Å². The maximum absolute atomic E-state index is 5.75. The Morgan fingerprint density at radius 1 is 1.44 bits per heavy atom. The molecule has 1 heterocycles. The first-order valence-corrected chi connectivity index (χ1v) is 7.00. The minimum atomic E-state index is 0.808. The summed E-state index contributed by atoms with van der Waals surface area (Å²) in [5.41, 5.74) is 3.97. The number of allylic oxidation sites excluding steroid dienone is 1. The van der Waals surface area contributed by atoms with E-state index in [1.165, 1.54) is 29.5 Å². The van der Waals surface area contributed by atoms with Crippen LogP contribution in [0.5, 0.6) is 5.75 Å². The molecule has 0 radical (unpaired) electrons. The lowest BCUT2D eigenvalue weighted by molar-refractivity contribution is 0.356. The molecule has 0 atom stereocenters. The Morgan fingerprint density at radius 3 is 3.17 bits per heavy atom. The normalized spacial score (nSPS) is 18.6. The van der Waals surface area contributed by atoms with E-state index in [-0.39, 0.29) is 0 Å². The lowest BCUT2D eigenvalue weighted by atomic mass is 10.0. The van der Waals surface area contributed by atoms with Crippen molar-refractivity contribution < 1.29 is 4.74 Å². The van der Waals surface area contributed by atoms with Crippen molar-refractivity contribution in [2.24, 2.45) is 0 Å². The van der Waals surface area contributed by atoms with Crippen LogP contribution in [0.15, 0.2) is 24.3 Å². The van der Waals surface area contributed by atoms with Crippen molar-refractivity contribution >= 4 is 5.57 Å². The average molecular weight is 243 g/mol. The molecule has 0 aromatic heterocycles. The Labute approximate surface area is 109 Å². The minimum absolute atomic E-state index is 0.808. The molecule has 1 aliphatic heterocycles. The van der Waals surface area contributed by atoms with Crippen molar-refractivity contribution in [3.63, 3.8) is 0 Å². The molecule has 96 valence electrons. The molecule has 2 heteroatoms. The van der Waals surface area contributed by atoms with Crippen molar-refractivity contribution in [1.82, 2.24) is 5.32 Å². The zero-order valence-electron chi connectivity index (χ0n) is 11.0. The SMILES string of the molecule is C/C(=C/CCNC1CC1)c1cccc2c1OCC2. The van der Waals surface area contributed by atoms with Crippen LogP contribution >= 0.6 is 0 Å². The molecule has 3 rings (SSSR count). The van der Waals surface area contributed by atoms with E-state index in [1.54, 1.807) is 0 Å². The zero-order valence-corrected chi connectivity index (χ0v) is 11.0. The number of fused-ring (bicyclic) bond motifs is 1. The Morgan fingerprint density at radius 2 is 2.33 bits per heavy atom. The molecule has 1 aliphatic carbocycles.